The van der Waals surface area contributed by atoms with E-state index in [1.54, 1.807) is 13.8 Å². The van der Waals surface area contributed by atoms with Crippen molar-refractivity contribution < 1.29 is 9.53 Å². The molecule has 0 atom stereocenters. The Labute approximate surface area is 116 Å². The van der Waals surface area contributed by atoms with Crippen molar-refractivity contribution in [3.05, 3.63) is 28.2 Å². The minimum absolute atomic E-state index is 0.307. The Bertz CT molecular complexity index is 458. The molecule has 1 aromatic rings. The lowest BCUT2D eigenvalue weighted by Gasteiger charge is -2.08. The molecule has 0 aliphatic rings. The second-order valence-corrected chi connectivity index (χ2v) is 4.60. The lowest BCUT2D eigenvalue weighted by molar-refractivity contribution is -0.135. The van der Waals surface area contributed by atoms with Crippen LogP contribution in [0.25, 0.3) is 0 Å². The number of halogens is 1. The Kier molecular flexibility index (Phi) is 5.85. The Hall–Kier alpha value is -1.36. The van der Waals surface area contributed by atoms with E-state index < -0.39 is 5.97 Å². The van der Waals surface area contributed by atoms with Gasteiger partial charge in [0, 0.05) is 4.47 Å². The van der Waals surface area contributed by atoms with E-state index in [-0.39, 0.29) is 0 Å². The van der Waals surface area contributed by atoms with Crippen molar-refractivity contribution in [3.8, 4) is 0 Å². The highest BCUT2D eigenvalue weighted by molar-refractivity contribution is 9.10. The molecular weight excluding hydrogens is 296 g/mol. The Morgan fingerprint density at radius 3 is 2.78 bits per heavy atom. The predicted octanol–water partition coefficient (Wildman–Crippen LogP) is 3.36. The van der Waals surface area contributed by atoms with Crippen LogP contribution in [0.2, 0.25) is 0 Å². The van der Waals surface area contributed by atoms with Crippen LogP contribution < -0.4 is 5.43 Å². The van der Waals surface area contributed by atoms with Gasteiger partial charge >= 0.3 is 5.97 Å². The summed E-state index contributed by atoms with van der Waals surface area (Å²) in [5.74, 6) is -0.403. The third kappa shape index (κ3) is 4.14. The first kappa shape index (κ1) is 14.7. The number of carbonyl (C=O) groups is 1. The maximum atomic E-state index is 11.4. The first-order valence-electron chi connectivity index (χ1n) is 5.84. The number of nitrogens with zero attached hydrogens (tertiary/aromatic N) is 1. The predicted molar refractivity (Wildman–Crippen MR) is 76.9 cm³/mol. The van der Waals surface area contributed by atoms with Gasteiger partial charge in [0.05, 0.1) is 12.3 Å². The fourth-order valence-corrected chi connectivity index (χ4v) is 1.80. The highest BCUT2D eigenvalue weighted by atomic mass is 79.9. The van der Waals surface area contributed by atoms with Gasteiger partial charge in [0.25, 0.3) is 0 Å². The van der Waals surface area contributed by atoms with E-state index in [0.717, 1.165) is 22.1 Å². The molecule has 0 fully saturated rings. The number of nitrogens with one attached hydrogen (secondary N) is 1. The van der Waals surface area contributed by atoms with Crippen LogP contribution in [0.1, 0.15) is 26.3 Å². The van der Waals surface area contributed by atoms with Gasteiger partial charge in [-0.25, -0.2) is 4.79 Å². The number of hydrazone groups is 1. The zero-order valence-electron chi connectivity index (χ0n) is 10.8. The van der Waals surface area contributed by atoms with Crippen LogP contribution in [0, 0.1) is 0 Å². The molecule has 0 unspecified atom stereocenters. The summed E-state index contributed by atoms with van der Waals surface area (Å²) in [6, 6.07) is 5.87. The van der Waals surface area contributed by atoms with Crippen molar-refractivity contribution in [1.82, 2.24) is 0 Å². The highest BCUT2D eigenvalue weighted by Crippen LogP contribution is 2.21. The molecular formula is C13H17BrN2O2. The molecule has 5 heteroatoms. The normalized spacial score (nSPS) is 11.2. The smallest absolute Gasteiger partial charge is 0.354 e. The molecule has 0 saturated heterocycles. The molecule has 98 valence electrons. The molecule has 1 N–H and O–H groups in total. The van der Waals surface area contributed by atoms with E-state index >= 15 is 0 Å². The van der Waals surface area contributed by atoms with Gasteiger partial charge in [-0.3, -0.25) is 5.43 Å². The fraction of sp³-hybridized carbons (Fsp3) is 0.385. The van der Waals surface area contributed by atoms with Crippen molar-refractivity contribution >= 4 is 33.3 Å². The maximum absolute atomic E-state index is 11.4. The number of rotatable bonds is 5. The summed E-state index contributed by atoms with van der Waals surface area (Å²) < 4.78 is 5.87. The van der Waals surface area contributed by atoms with E-state index in [1.807, 2.05) is 18.2 Å². The lowest BCUT2D eigenvalue weighted by Crippen LogP contribution is -2.15. The summed E-state index contributed by atoms with van der Waals surface area (Å²) in [6.45, 7) is 5.80. The largest absolute Gasteiger partial charge is 0.461 e. The zero-order chi connectivity index (χ0) is 13.5. The number of anilines is 1. The van der Waals surface area contributed by atoms with Gasteiger partial charge in [-0.15, -0.1) is 0 Å². The first-order chi connectivity index (χ1) is 8.58. The standard InChI is InChI=1S/C13H17BrN2O2/c1-4-10-8-11(14)6-7-12(10)16-15-9(3)13(17)18-5-2/h6-8,16H,4-5H2,1-3H3/b15-9-. The van der Waals surface area contributed by atoms with Gasteiger partial charge in [-0.05, 0) is 44.0 Å². The molecule has 1 aromatic carbocycles. The van der Waals surface area contributed by atoms with Crippen molar-refractivity contribution in [2.45, 2.75) is 27.2 Å². The van der Waals surface area contributed by atoms with E-state index in [0.29, 0.717) is 12.3 Å². The summed E-state index contributed by atoms with van der Waals surface area (Å²) >= 11 is 3.42. The molecule has 0 heterocycles. The van der Waals surface area contributed by atoms with Gasteiger partial charge < -0.3 is 4.74 Å². The number of ether oxygens (including phenoxy) is 1. The first-order valence-corrected chi connectivity index (χ1v) is 6.63. The number of benzene rings is 1. The van der Waals surface area contributed by atoms with Gasteiger partial charge in [-0.2, -0.15) is 5.10 Å². The van der Waals surface area contributed by atoms with Crippen LogP contribution in [-0.2, 0) is 16.0 Å². The molecule has 0 spiro atoms. The number of carbonyl (C=O) groups excluding carboxylic acids is 1. The van der Waals surface area contributed by atoms with Gasteiger partial charge in [0.2, 0.25) is 0 Å². The third-order valence-electron chi connectivity index (χ3n) is 2.36. The van der Waals surface area contributed by atoms with Crippen LogP contribution in [-0.4, -0.2) is 18.3 Å². The van der Waals surface area contributed by atoms with Crippen LogP contribution >= 0.6 is 15.9 Å². The van der Waals surface area contributed by atoms with E-state index in [2.05, 4.69) is 33.4 Å². The van der Waals surface area contributed by atoms with Crippen molar-refractivity contribution in [1.29, 1.82) is 0 Å². The monoisotopic (exact) mass is 312 g/mol. The summed E-state index contributed by atoms with van der Waals surface area (Å²) in [7, 11) is 0. The van der Waals surface area contributed by atoms with Crippen molar-refractivity contribution in [2.24, 2.45) is 5.10 Å². The van der Waals surface area contributed by atoms with Gasteiger partial charge in [-0.1, -0.05) is 22.9 Å². The molecule has 0 bridgehead atoms. The fourth-order valence-electron chi connectivity index (χ4n) is 1.39. The Morgan fingerprint density at radius 1 is 1.44 bits per heavy atom. The molecule has 4 nitrogen and oxygen atoms in total. The second-order valence-electron chi connectivity index (χ2n) is 3.68. The van der Waals surface area contributed by atoms with E-state index in [4.69, 9.17) is 4.74 Å². The minimum atomic E-state index is -0.403. The molecule has 0 amide bonds. The van der Waals surface area contributed by atoms with Crippen LogP contribution in [0.5, 0.6) is 0 Å². The summed E-state index contributed by atoms with van der Waals surface area (Å²) in [6.07, 6.45) is 0.885. The SMILES string of the molecule is CCOC(=O)/C(C)=N\Nc1ccc(Br)cc1CC. The second kappa shape index (κ2) is 7.16. The zero-order valence-corrected chi connectivity index (χ0v) is 12.4. The van der Waals surface area contributed by atoms with Crippen LogP contribution in [0.4, 0.5) is 5.69 Å². The Morgan fingerprint density at radius 2 is 2.17 bits per heavy atom. The highest BCUT2D eigenvalue weighted by Gasteiger charge is 2.06. The average Bonchev–Trinajstić information content (AvgIpc) is 2.37. The van der Waals surface area contributed by atoms with Crippen molar-refractivity contribution in [3.63, 3.8) is 0 Å². The van der Waals surface area contributed by atoms with E-state index in [9.17, 15) is 4.79 Å². The average molecular weight is 313 g/mol. The molecule has 0 aromatic heterocycles. The van der Waals surface area contributed by atoms with Gasteiger partial charge in [0.1, 0.15) is 5.71 Å². The number of aryl methyl sites for hydroxylation is 1. The third-order valence-corrected chi connectivity index (χ3v) is 2.86. The summed E-state index contributed by atoms with van der Waals surface area (Å²) in [5.41, 5.74) is 5.23. The molecule has 0 radical (unpaired) electrons. The summed E-state index contributed by atoms with van der Waals surface area (Å²) in [4.78, 5) is 11.4. The molecule has 0 aliphatic carbocycles. The molecule has 1 rings (SSSR count). The number of esters is 1. The topological polar surface area (TPSA) is 50.7 Å². The van der Waals surface area contributed by atoms with Crippen LogP contribution in [0.15, 0.2) is 27.8 Å². The van der Waals surface area contributed by atoms with Crippen molar-refractivity contribution in [2.75, 3.05) is 12.0 Å². The molecule has 0 aliphatic heterocycles. The summed E-state index contributed by atoms with van der Waals surface area (Å²) in [5, 5.41) is 4.03. The minimum Gasteiger partial charge on any atom is -0.461 e. The number of hydrogen-bond donors (Lipinski definition) is 1. The van der Waals surface area contributed by atoms with E-state index in [1.165, 1.54) is 0 Å². The maximum Gasteiger partial charge on any atom is 0.354 e. The molecule has 18 heavy (non-hydrogen) atoms. The quantitative estimate of drug-likeness (QED) is 0.515. The lowest BCUT2D eigenvalue weighted by atomic mass is 10.1. The van der Waals surface area contributed by atoms with Gasteiger partial charge in [0.15, 0.2) is 0 Å². The van der Waals surface area contributed by atoms with Crippen LogP contribution in [0.3, 0.4) is 0 Å². The Balaban J connectivity index is 2.79. The number of hydrogen-bond acceptors (Lipinski definition) is 4. The molecule has 0 saturated carbocycles.